The van der Waals surface area contributed by atoms with Gasteiger partial charge in [-0.05, 0) is 18.2 Å². The van der Waals surface area contributed by atoms with Gasteiger partial charge in [0, 0.05) is 17.2 Å². The van der Waals surface area contributed by atoms with Gasteiger partial charge < -0.3 is 10.1 Å². The van der Waals surface area contributed by atoms with Crippen molar-refractivity contribution in [1.29, 1.82) is 0 Å². The Morgan fingerprint density at radius 2 is 2.11 bits per heavy atom. The van der Waals surface area contributed by atoms with Crippen LogP contribution in [0.1, 0.15) is 6.42 Å². The molecular formula is C12H13Cl2NO3S. The summed E-state index contributed by atoms with van der Waals surface area (Å²) in [5, 5.41) is 3.60. The Morgan fingerprint density at radius 1 is 1.37 bits per heavy atom. The molecular weight excluding hydrogens is 309 g/mol. The average molecular weight is 322 g/mol. The molecule has 0 aliphatic rings. The second-order valence-corrected chi connectivity index (χ2v) is 5.50. The van der Waals surface area contributed by atoms with Crippen molar-refractivity contribution in [2.75, 3.05) is 23.9 Å². The van der Waals surface area contributed by atoms with Gasteiger partial charge in [-0.1, -0.05) is 23.2 Å². The molecule has 7 heteroatoms. The summed E-state index contributed by atoms with van der Waals surface area (Å²) in [6.07, 6.45) is 0.282. The third kappa shape index (κ3) is 6.18. The largest absolute Gasteiger partial charge is 0.468 e. The molecule has 0 aliphatic carbocycles. The molecule has 0 radical (unpaired) electrons. The van der Waals surface area contributed by atoms with E-state index in [9.17, 15) is 9.59 Å². The predicted molar refractivity (Wildman–Crippen MR) is 79.0 cm³/mol. The molecule has 104 valence electrons. The normalized spacial score (nSPS) is 10.1. The van der Waals surface area contributed by atoms with Crippen molar-refractivity contribution in [2.24, 2.45) is 0 Å². The van der Waals surface area contributed by atoms with Crippen LogP contribution >= 0.6 is 35.0 Å². The van der Waals surface area contributed by atoms with Crippen molar-refractivity contribution in [3.05, 3.63) is 28.2 Å². The van der Waals surface area contributed by atoms with Gasteiger partial charge in [0.1, 0.15) is 0 Å². The zero-order chi connectivity index (χ0) is 14.3. The monoisotopic (exact) mass is 321 g/mol. The number of thioether (sulfide) groups is 1. The highest BCUT2D eigenvalue weighted by molar-refractivity contribution is 7.99. The summed E-state index contributed by atoms with van der Waals surface area (Å²) in [5.74, 6) is 0.283. The van der Waals surface area contributed by atoms with Crippen molar-refractivity contribution in [2.45, 2.75) is 6.42 Å². The summed E-state index contributed by atoms with van der Waals surface area (Å²) in [5.41, 5.74) is 0.483. The first-order valence-electron chi connectivity index (χ1n) is 5.42. The third-order valence-electron chi connectivity index (χ3n) is 2.12. The van der Waals surface area contributed by atoms with Gasteiger partial charge in [0.2, 0.25) is 5.91 Å². The minimum Gasteiger partial charge on any atom is -0.468 e. The average Bonchev–Trinajstić information content (AvgIpc) is 2.38. The molecule has 0 saturated heterocycles. The number of halogens is 2. The Morgan fingerprint density at radius 3 is 2.79 bits per heavy atom. The minimum atomic E-state index is -0.303. The van der Waals surface area contributed by atoms with E-state index in [4.69, 9.17) is 23.2 Å². The Labute approximate surface area is 125 Å². The number of hydrogen-bond acceptors (Lipinski definition) is 4. The molecule has 0 atom stereocenters. The summed E-state index contributed by atoms with van der Waals surface area (Å²) in [6, 6.07) is 4.85. The predicted octanol–water partition coefficient (Wildman–Crippen LogP) is 3.23. The van der Waals surface area contributed by atoms with E-state index in [-0.39, 0.29) is 24.1 Å². The number of benzene rings is 1. The van der Waals surface area contributed by atoms with Crippen LogP contribution in [0.3, 0.4) is 0 Å². The smallest absolute Gasteiger partial charge is 0.315 e. The lowest BCUT2D eigenvalue weighted by Gasteiger charge is -2.07. The number of rotatable bonds is 6. The van der Waals surface area contributed by atoms with E-state index in [2.05, 4.69) is 10.1 Å². The number of methoxy groups -OCH3 is 1. The van der Waals surface area contributed by atoms with E-state index in [0.717, 1.165) is 0 Å². The topological polar surface area (TPSA) is 55.4 Å². The fourth-order valence-corrected chi connectivity index (χ4v) is 2.28. The molecule has 1 N–H and O–H groups in total. The molecule has 0 unspecified atom stereocenters. The zero-order valence-electron chi connectivity index (χ0n) is 10.2. The quantitative estimate of drug-likeness (QED) is 0.645. The van der Waals surface area contributed by atoms with Gasteiger partial charge in [-0.3, -0.25) is 9.59 Å². The Hall–Kier alpha value is -0.910. The molecule has 0 spiro atoms. The first-order chi connectivity index (χ1) is 9.02. The van der Waals surface area contributed by atoms with Gasteiger partial charge in [-0.25, -0.2) is 0 Å². The van der Waals surface area contributed by atoms with Crippen molar-refractivity contribution in [3.63, 3.8) is 0 Å². The lowest BCUT2D eigenvalue weighted by atomic mass is 10.3. The van der Waals surface area contributed by atoms with Crippen LogP contribution in [-0.4, -0.2) is 30.5 Å². The zero-order valence-corrected chi connectivity index (χ0v) is 12.6. The second kappa shape index (κ2) is 8.30. The van der Waals surface area contributed by atoms with Crippen LogP contribution in [-0.2, 0) is 14.3 Å². The van der Waals surface area contributed by atoms with E-state index < -0.39 is 0 Å². The SMILES string of the molecule is COC(=O)CSCCC(=O)Nc1cc(Cl)ccc1Cl. The van der Waals surface area contributed by atoms with Crippen molar-refractivity contribution >= 4 is 52.5 Å². The summed E-state index contributed by atoms with van der Waals surface area (Å²) in [6.45, 7) is 0. The van der Waals surface area contributed by atoms with Crippen LogP contribution in [0.2, 0.25) is 10.0 Å². The summed E-state index contributed by atoms with van der Waals surface area (Å²) in [7, 11) is 1.33. The lowest BCUT2D eigenvalue weighted by Crippen LogP contribution is -2.13. The number of carbonyl (C=O) groups is 2. The first kappa shape index (κ1) is 16.1. The third-order valence-corrected chi connectivity index (χ3v) is 3.62. The van der Waals surface area contributed by atoms with Gasteiger partial charge in [0.05, 0.1) is 23.6 Å². The van der Waals surface area contributed by atoms with Crippen molar-refractivity contribution in [1.82, 2.24) is 0 Å². The molecule has 0 heterocycles. The highest BCUT2D eigenvalue weighted by Crippen LogP contribution is 2.25. The number of hydrogen-bond donors (Lipinski definition) is 1. The number of nitrogens with one attached hydrogen (secondary N) is 1. The standard InChI is InChI=1S/C12H13Cl2NO3S/c1-18-12(17)7-19-5-4-11(16)15-10-6-8(13)2-3-9(10)14/h2-3,6H,4-5,7H2,1H3,(H,15,16). The molecule has 19 heavy (non-hydrogen) atoms. The maximum absolute atomic E-state index is 11.6. The molecule has 0 fully saturated rings. The number of esters is 1. The van der Waals surface area contributed by atoms with Crippen LogP contribution in [0.15, 0.2) is 18.2 Å². The molecule has 0 aromatic heterocycles. The molecule has 1 aromatic carbocycles. The highest BCUT2D eigenvalue weighted by Gasteiger charge is 2.07. The molecule has 1 amide bonds. The van der Waals surface area contributed by atoms with E-state index in [1.165, 1.54) is 18.9 Å². The summed E-state index contributed by atoms with van der Waals surface area (Å²) >= 11 is 13.1. The van der Waals surface area contributed by atoms with Crippen LogP contribution < -0.4 is 5.32 Å². The van der Waals surface area contributed by atoms with Gasteiger partial charge in [0.15, 0.2) is 0 Å². The number of carbonyl (C=O) groups excluding carboxylic acids is 2. The molecule has 0 bridgehead atoms. The highest BCUT2D eigenvalue weighted by atomic mass is 35.5. The number of anilines is 1. The molecule has 0 aliphatic heterocycles. The van der Waals surface area contributed by atoms with Crippen LogP contribution in [0.4, 0.5) is 5.69 Å². The minimum absolute atomic E-state index is 0.179. The molecule has 4 nitrogen and oxygen atoms in total. The van der Waals surface area contributed by atoms with Gasteiger partial charge in [-0.15, -0.1) is 11.8 Å². The number of ether oxygens (including phenoxy) is 1. The second-order valence-electron chi connectivity index (χ2n) is 3.55. The van der Waals surface area contributed by atoms with Gasteiger partial charge in [-0.2, -0.15) is 0 Å². The van der Waals surface area contributed by atoms with E-state index >= 15 is 0 Å². The van der Waals surface area contributed by atoms with E-state index in [1.54, 1.807) is 18.2 Å². The Bertz CT molecular complexity index is 468. The maximum Gasteiger partial charge on any atom is 0.315 e. The molecule has 1 aromatic rings. The van der Waals surface area contributed by atoms with E-state index in [0.29, 0.717) is 21.5 Å². The Kier molecular flexibility index (Phi) is 7.05. The fourth-order valence-electron chi connectivity index (χ4n) is 1.19. The van der Waals surface area contributed by atoms with E-state index in [1.807, 2.05) is 0 Å². The van der Waals surface area contributed by atoms with Crippen LogP contribution in [0, 0.1) is 0 Å². The fraction of sp³-hybridized carbons (Fsp3) is 0.333. The molecule has 1 rings (SSSR count). The van der Waals surface area contributed by atoms with Crippen molar-refractivity contribution < 1.29 is 14.3 Å². The van der Waals surface area contributed by atoms with Gasteiger partial charge >= 0.3 is 5.97 Å². The van der Waals surface area contributed by atoms with Crippen LogP contribution in [0.5, 0.6) is 0 Å². The summed E-state index contributed by atoms with van der Waals surface area (Å²) < 4.78 is 4.49. The number of amides is 1. The van der Waals surface area contributed by atoms with Crippen LogP contribution in [0.25, 0.3) is 0 Å². The lowest BCUT2D eigenvalue weighted by molar-refractivity contribution is -0.137. The maximum atomic E-state index is 11.6. The summed E-state index contributed by atoms with van der Waals surface area (Å²) in [4.78, 5) is 22.5. The van der Waals surface area contributed by atoms with Crippen molar-refractivity contribution in [3.8, 4) is 0 Å². The van der Waals surface area contributed by atoms with Gasteiger partial charge in [0.25, 0.3) is 0 Å². The molecule has 0 saturated carbocycles. The Balaban J connectivity index is 2.35. The first-order valence-corrected chi connectivity index (χ1v) is 7.33.